The first-order valence-corrected chi connectivity index (χ1v) is 7.55. The molecule has 0 aromatic carbocycles. The van der Waals surface area contributed by atoms with E-state index in [1.54, 1.807) is 6.20 Å². The van der Waals surface area contributed by atoms with Crippen LogP contribution in [0.25, 0.3) is 11.0 Å². The summed E-state index contributed by atoms with van der Waals surface area (Å²) in [6, 6.07) is 0. The van der Waals surface area contributed by atoms with Gasteiger partial charge >= 0.3 is 0 Å². The predicted molar refractivity (Wildman–Crippen MR) is 80.9 cm³/mol. The van der Waals surface area contributed by atoms with Gasteiger partial charge in [0, 0.05) is 13.1 Å². The third-order valence-corrected chi connectivity index (χ3v) is 3.88. The summed E-state index contributed by atoms with van der Waals surface area (Å²) in [6.07, 6.45) is 8.22. The molecule has 0 saturated heterocycles. The van der Waals surface area contributed by atoms with Crippen molar-refractivity contribution < 1.29 is 0 Å². The molecule has 0 aliphatic heterocycles. The lowest BCUT2D eigenvalue weighted by Crippen LogP contribution is -2.13. The maximum absolute atomic E-state index is 4.58. The van der Waals surface area contributed by atoms with E-state index in [2.05, 4.69) is 37.7 Å². The molecule has 6 nitrogen and oxygen atoms in total. The minimum absolute atomic E-state index is 0.664. The zero-order valence-electron chi connectivity index (χ0n) is 11.9. The van der Waals surface area contributed by atoms with E-state index in [9.17, 15) is 0 Å². The molecule has 1 saturated carbocycles. The molecule has 0 atom stereocenters. The minimum atomic E-state index is 0.664. The molecule has 20 heavy (non-hydrogen) atoms. The van der Waals surface area contributed by atoms with Crippen molar-refractivity contribution in [3.63, 3.8) is 0 Å². The largest absolute Gasteiger partial charge is 0.369 e. The highest BCUT2D eigenvalue weighted by Gasteiger charge is 2.16. The summed E-state index contributed by atoms with van der Waals surface area (Å²) in [6.45, 7) is 3.99. The van der Waals surface area contributed by atoms with E-state index in [1.165, 1.54) is 25.7 Å². The molecule has 0 spiro atoms. The van der Waals surface area contributed by atoms with Gasteiger partial charge in [-0.3, -0.25) is 5.10 Å². The van der Waals surface area contributed by atoms with Crippen molar-refractivity contribution in [1.29, 1.82) is 0 Å². The topological polar surface area (TPSA) is 78.5 Å². The molecule has 2 aromatic heterocycles. The van der Waals surface area contributed by atoms with E-state index < -0.39 is 0 Å². The van der Waals surface area contributed by atoms with Crippen molar-refractivity contribution in [2.45, 2.75) is 39.0 Å². The Morgan fingerprint density at radius 1 is 1.25 bits per heavy atom. The average Bonchev–Trinajstić information content (AvgIpc) is 3.13. The molecule has 1 aliphatic rings. The molecule has 3 N–H and O–H groups in total. The van der Waals surface area contributed by atoms with Crippen LogP contribution in [-0.2, 0) is 0 Å². The number of aromatic amines is 1. The van der Waals surface area contributed by atoms with Gasteiger partial charge in [-0.1, -0.05) is 19.8 Å². The van der Waals surface area contributed by atoms with Crippen LogP contribution in [0.5, 0.6) is 0 Å². The summed E-state index contributed by atoms with van der Waals surface area (Å²) in [5, 5.41) is 14.7. The highest BCUT2D eigenvalue weighted by Crippen LogP contribution is 2.26. The van der Waals surface area contributed by atoms with Gasteiger partial charge in [0.05, 0.1) is 11.6 Å². The SMILES string of the molecule is CCCNc1nc(NCC2CCCC2)c2cn[nH]c2n1. The summed E-state index contributed by atoms with van der Waals surface area (Å²) < 4.78 is 0. The van der Waals surface area contributed by atoms with Gasteiger partial charge in [-0.15, -0.1) is 0 Å². The molecule has 1 aliphatic carbocycles. The smallest absolute Gasteiger partial charge is 0.226 e. The normalized spacial score (nSPS) is 15.8. The zero-order valence-corrected chi connectivity index (χ0v) is 11.9. The number of anilines is 2. The number of H-pyrrole nitrogens is 1. The second-order valence-electron chi connectivity index (χ2n) is 5.49. The predicted octanol–water partition coefficient (Wildman–Crippen LogP) is 2.78. The lowest BCUT2D eigenvalue weighted by atomic mass is 10.1. The molecule has 0 bridgehead atoms. The van der Waals surface area contributed by atoms with E-state index in [0.717, 1.165) is 42.3 Å². The number of hydrogen-bond acceptors (Lipinski definition) is 5. The van der Waals surface area contributed by atoms with Crippen LogP contribution in [0, 0.1) is 5.92 Å². The van der Waals surface area contributed by atoms with Crippen LogP contribution < -0.4 is 10.6 Å². The number of hydrogen-bond donors (Lipinski definition) is 3. The fraction of sp³-hybridized carbons (Fsp3) is 0.643. The lowest BCUT2D eigenvalue weighted by Gasteiger charge is -2.12. The quantitative estimate of drug-likeness (QED) is 0.755. The van der Waals surface area contributed by atoms with Crippen LogP contribution in [0.3, 0.4) is 0 Å². The Bertz CT molecular complexity index is 558. The van der Waals surface area contributed by atoms with Crippen LogP contribution in [-0.4, -0.2) is 33.3 Å². The number of rotatable bonds is 6. The van der Waals surface area contributed by atoms with Gasteiger partial charge in [-0.2, -0.15) is 15.1 Å². The Kier molecular flexibility index (Phi) is 3.99. The van der Waals surface area contributed by atoms with Crippen LogP contribution in [0.2, 0.25) is 0 Å². The Morgan fingerprint density at radius 3 is 2.90 bits per heavy atom. The minimum Gasteiger partial charge on any atom is -0.369 e. The van der Waals surface area contributed by atoms with Gasteiger partial charge in [0.2, 0.25) is 5.95 Å². The lowest BCUT2D eigenvalue weighted by molar-refractivity contribution is 0.579. The molecular weight excluding hydrogens is 252 g/mol. The summed E-state index contributed by atoms with van der Waals surface area (Å²) in [5.41, 5.74) is 0.785. The van der Waals surface area contributed by atoms with Crippen molar-refractivity contribution >= 4 is 22.8 Å². The summed E-state index contributed by atoms with van der Waals surface area (Å²) in [4.78, 5) is 9.01. The summed E-state index contributed by atoms with van der Waals surface area (Å²) in [7, 11) is 0. The third-order valence-electron chi connectivity index (χ3n) is 3.88. The van der Waals surface area contributed by atoms with Gasteiger partial charge in [0.15, 0.2) is 5.65 Å². The van der Waals surface area contributed by atoms with E-state index >= 15 is 0 Å². The van der Waals surface area contributed by atoms with Crippen LogP contribution in [0.15, 0.2) is 6.20 Å². The van der Waals surface area contributed by atoms with E-state index in [-0.39, 0.29) is 0 Å². The van der Waals surface area contributed by atoms with Crippen molar-refractivity contribution in [3.8, 4) is 0 Å². The van der Waals surface area contributed by atoms with Crippen LogP contribution in [0.4, 0.5) is 11.8 Å². The summed E-state index contributed by atoms with van der Waals surface area (Å²) >= 11 is 0. The molecule has 108 valence electrons. The first-order valence-electron chi connectivity index (χ1n) is 7.55. The fourth-order valence-electron chi connectivity index (χ4n) is 2.74. The molecule has 6 heteroatoms. The Balaban J connectivity index is 1.77. The highest BCUT2D eigenvalue weighted by atomic mass is 15.2. The third kappa shape index (κ3) is 2.84. The number of nitrogens with zero attached hydrogens (tertiary/aromatic N) is 3. The van der Waals surface area contributed by atoms with Crippen molar-refractivity contribution in [3.05, 3.63) is 6.20 Å². The highest BCUT2D eigenvalue weighted by molar-refractivity contribution is 5.86. The second-order valence-corrected chi connectivity index (χ2v) is 5.49. The molecule has 3 rings (SSSR count). The number of nitrogens with one attached hydrogen (secondary N) is 3. The molecular formula is C14H22N6. The van der Waals surface area contributed by atoms with E-state index in [1.807, 2.05) is 0 Å². The van der Waals surface area contributed by atoms with Gasteiger partial charge in [-0.25, -0.2) is 0 Å². The van der Waals surface area contributed by atoms with Gasteiger partial charge in [0.25, 0.3) is 0 Å². The standard InChI is InChI=1S/C14H22N6/c1-2-7-15-14-18-12(11-9-17-20-13(11)19-14)16-8-10-5-3-4-6-10/h9-10H,2-8H2,1H3,(H3,15,16,17,18,19,20). The van der Waals surface area contributed by atoms with Crippen molar-refractivity contribution in [1.82, 2.24) is 20.2 Å². The van der Waals surface area contributed by atoms with Gasteiger partial charge < -0.3 is 10.6 Å². The first-order chi connectivity index (χ1) is 9.86. The maximum atomic E-state index is 4.58. The fourth-order valence-corrected chi connectivity index (χ4v) is 2.74. The Labute approximate surface area is 118 Å². The number of fused-ring (bicyclic) bond motifs is 1. The number of aromatic nitrogens is 4. The molecule has 0 unspecified atom stereocenters. The van der Waals surface area contributed by atoms with Crippen LogP contribution in [0.1, 0.15) is 39.0 Å². The second kappa shape index (κ2) is 6.07. The molecule has 0 radical (unpaired) electrons. The summed E-state index contributed by atoms with van der Waals surface area (Å²) in [5.74, 6) is 2.32. The molecule has 2 heterocycles. The maximum Gasteiger partial charge on any atom is 0.226 e. The van der Waals surface area contributed by atoms with Crippen molar-refractivity contribution in [2.75, 3.05) is 23.7 Å². The first kappa shape index (κ1) is 13.1. The Morgan fingerprint density at radius 2 is 2.10 bits per heavy atom. The molecule has 0 amide bonds. The monoisotopic (exact) mass is 274 g/mol. The van der Waals surface area contributed by atoms with Crippen LogP contribution >= 0.6 is 0 Å². The van der Waals surface area contributed by atoms with Gasteiger partial charge in [-0.05, 0) is 25.2 Å². The van der Waals surface area contributed by atoms with Gasteiger partial charge in [0.1, 0.15) is 5.82 Å². The van der Waals surface area contributed by atoms with Crippen molar-refractivity contribution in [2.24, 2.45) is 5.92 Å². The molecule has 1 fully saturated rings. The zero-order chi connectivity index (χ0) is 13.8. The van der Waals surface area contributed by atoms with E-state index in [0.29, 0.717) is 5.95 Å². The average molecular weight is 274 g/mol. The Hall–Kier alpha value is -1.85. The van der Waals surface area contributed by atoms with E-state index in [4.69, 9.17) is 0 Å². The molecule has 2 aromatic rings.